The standard InChI is InChI=1S/C14H16O3S/c1-4-18-13-7-12(16)11-6-8(2)5-10(9(3)15)14(11)17-13/h5-7,9,15H,4H2,1-3H3/t9-/m0/s1. The van der Waals surface area contributed by atoms with Crippen LogP contribution in [-0.2, 0) is 0 Å². The molecule has 1 aromatic heterocycles. The molecule has 0 aliphatic carbocycles. The monoisotopic (exact) mass is 264 g/mol. The molecule has 4 heteroatoms. The smallest absolute Gasteiger partial charge is 0.193 e. The third-order valence-electron chi connectivity index (χ3n) is 2.72. The van der Waals surface area contributed by atoms with Gasteiger partial charge in [0.05, 0.1) is 11.5 Å². The van der Waals surface area contributed by atoms with Gasteiger partial charge in [0.2, 0.25) is 0 Å². The number of aliphatic hydroxyl groups is 1. The van der Waals surface area contributed by atoms with E-state index in [9.17, 15) is 9.90 Å². The van der Waals surface area contributed by atoms with Crippen molar-refractivity contribution in [1.82, 2.24) is 0 Å². The number of fused-ring (bicyclic) bond motifs is 1. The highest BCUT2D eigenvalue weighted by atomic mass is 32.2. The molecule has 18 heavy (non-hydrogen) atoms. The van der Waals surface area contributed by atoms with Crippen molar-refractivity contribution in [1.29, 1.82) is 0 Å². The summed E-state index contributed by atoms with van der Waals surface area (Å²) in [5, 5.41) is 10.9. The molecule has 3 nitrogen and oxygen atoms in total. The normalized spacial score (nSPS) is 12.9. The van der Waals surface area contributed by atoms with E-state index in [-0.39, 0.29) is 5.43 Å². The van der Waals surface area contributed by atoms with Gasteiger partial charge in [0, 0.05) is 11.6 Å². The van der Waals surface area contributed by atoms with Crippen LogP contribution in [-0.4, -0.2) is 10.9 Å². The quantitative estimate of drug-likeness (QED) is 0.864. The number of hydrogen-bond acceptors (Lipinski definition) is 4. The zero-order valence-electron chi connectivity index (χ0n) is 10.7. The summed E-state index contributed by atoms with van der Waals surface area (Å²) >= 11 is 1.48. The third-order valence-corrected chi connectivity index (χ3v) is 3.49. The van der Waals surface area contributed by atoms with E-state index >= 15 is 0 Å². The van der Waals surface area contributed by atoms with Crippen LogP contribution in [0.1, 0.15) is 31.1 Å². The molecule has 0 unspecified atom stereocenters. The van der Waals surface area contributed by atoms with Crippen molar-refractivity contribution in [3.05, 3.63) is 39.5 Å². The Labute approximate surface area is 110 Å². The minimum Gasteiger partial charge on any atom is -0.449 e. The van der Waals surface area contributed by atoms with Gasteiger partial charge in [-0.15, -0.1) is 0 Å². The number of hydrogen-bond donors (Lipinski definition) is 1. The molecule has 1 heterocycles. The maximum absolute atomic E-state index is 12.0. The van der Waals surface area contributed by atoms with E-state index in [0.29, 0.717) is 21.6 Å². The van der Waals surface area contributed by atoms with Crippen LogP contribution in [0.2, 0.25) is 0 Å². The molecule has 0 bridgehead atoms. The van der Waals surface area contributed by atoms with E-state index in [1.165, 1.54) is 17.8 Å². The molecule has 0 saturated carbocycles. The van der Waals surface area contributed by atoms with Gasteiger partial charge in [-0.1, -0.05) is 18.7 Å². The van der Waals surface area contributed by atoms with E-state index in [0.717, 1.165) is 11.3 Å². The lowest BCUT2D eigenvalue weighted by Crippen LogP contribution is -2.04. The highest BCUT2D eigenvalue weighted by molar-refractivity contribution is 7.99. The average molecular weight is 264 g/mol. The van der Waals surface area contributed by atoms with Crippen LogP contribution in [0.25, 0.3) is 11.0 Å². The molecule has 0 aliphatic heterocycles. The molecule has 0 fully saturated rings. The van der Waals surface area contributed by atoms with Crippen molar-refractivity contribution in [2.45, 2.75) is 32.0 Å². The van der Waals surface area contributed by atoms with Gasteiger partial charge in [-0.3, -0.25) is 4.79 Å². The zero-order valence-corrected chi connectivity index (χ0v) is 11.5. The number of thioether (sulfide) groups is 1. The first-order valence-corrected chi connectivity index (χ1v) is 6.90. The molecule has 0 aliphatic rings. The van der Waals surface area contributed by atoms with Crippen LogP contribution >= 0.6 is 11.8 Å². The molecule has 0 radical (unpaired) electrons. The van der Waals surface area contributed by atoms with E-state index in [4.69, 9.17) is 4.42 Å². The van der Waals surface area contributed by atoms with Crippen LogP contribution in [0, 0.1) is 6.92 Å². The van der Waals surface area contributed by atoms with Gasteiger partial charge in [0.25, 0.3) is 0 Å². The van der Waals surface area contributed by atoms with Gasteiger partial charge >= 0.3 is 0 Å². The Morgan fingerprint density at radius 1 is 1.39 bits per heavy atom. The van der Waals surface area contributed by atoms with Gasteiger partial charge in [0.1, 0.15) is 5.58 Å². The summed E-state index contributed by atoms with van der Waals surface area (Å²) in [5.41, 5.74) is 2.05. The number of rotatable bonds is 3. The fourth-order valence-corrected chi connectivity index (χ4v) is 2.55. The minimum atomic E-state index is -0.655. The van der Waals surface area contributed by atoms with E-state index in [1.807, 2.05) is 19.9 Å². The molecular formula is C14H16O3S. The van der Waals surface area contributed by atoms with Crippen molar-refractivity contribution in [3.8, 4) is 0 Å². The maximum Gasteiger partial charge on any atom is 0.193 e. The second-order valence-corrected chi connectivity index (χ2v) is 5.54. The Balaban J connectivity index is 2.79. The number of benzene rings is 1. The second kappa shape index (κ2) is 5.16. The Morgan fingerprint density at radius 2 is 2.11 bits per heavy atom. The van der Waals surface area contributed by atoms with Gasteiger partial charge in [-0.2, -0.15) is 0 Å². The predicted molar refractivity (Wildman–Crippen MR) is 74.3 cm³/mol. The molecule has 1 atom stereocenters. The maximum atomic E-state index is 12.0. The summed E-state index contributed by atoms with van der Waals surface area (Å²) in [6, 6.07) is 5.17. The lowest BCUT2D eigenvalue weighted by molar-refractivity contribution is 0.199. The molecular weight excluding hydrogens is 248 g/mol. The van der Waals surface area contributed by atoms with Gasteiger partial charge in [-0.25, -0.2) is 0 Å². The number of aryl methyl sites for hydroxylation is 1. The summed E-state index contributed by atoms with van der Waals surface area (Å²) in [4.78, 5) is 12.0. The van der Waals surface area contributed by atoms with Crippen molar-refractivity contribution >= 4 is 22.7 Å². The summed E-state index contributed by atoms with van der Waals surface area (Å²) in [6.45, 7) is 5.58. The summed E-state index contributed by atoms with van der Waals surface area (Å²) in [7, 11) is 0. The van der Waals surface area contributed by atoms with Crippen LogP contribution in [0.15, 0.2) is 32.5 Å². The van der Waals surface area contributed by atoms with Crippen LogP contribution in [0.4, 0.5) is 0 Å². The Hall–Kier alpha value is -1.26. The highest BCUT2D eigenvalue weighted by Gasteiger charge is 2.13. The fraction of sp³-hybridized carbons (Fsp3) is 0.357. The summed E-state index contributed by atoms with van der Waals surface area (Å²) in [5.74, 6) is 0.838. The van der Waals surface area contributed by atoms with Crippen molar-refractivity contribution in [2.24, 2.45) is 0 Å². The summed E-state index contributed by atoms with van der Waals surface area (Å²) in [6.07, 6.45) is -0.655. The van der Waals surface area contributed by atoms with Crippen LogP contribution in [0.3, 0.4) is 0 Å². The van der Waals surface area contributed by atoms with Gasteiger partial charge in [-0.05, 0) is 37.3 Å². The highest BCUT2D eigenvalue weighted by Crippen LogP contribution is 2.27. The lowest BCUT2D eigenvalue weighted by Gasteiger charge is -2.10. The first-order chi connectivity index (χ1) is 8.52. The van der Waals surface area contributed by atoms with Crippen molar-refractivity contribution in [2.75, 3.05) is 5.75 Å². The largest absolute Gasteiger partial charge is 0.449 e. The first kappa shape index (κ1) is 13.2. The topological polar surface area (TPSA) is 50.4 Å². The van der Waals surface area contributed by atoms with E-state index in [1.54, 1.807) is 13.0 Å². The number of aliphatic hydroxyl groups excluding tert-OH is 1. The van der Waals surface area contributed by atoms with Crippen LogP contribution < -0.4 is 5.43 Å². The molecule has 0 spiro atoms. The third kappa shape index (κ3) is 2.44. The first-order valence-electron chi connectivity index (χ1n) is 5.92. The van der Waals surface area contributed by atoms with Crippen molar-refractivity contribution in [3.63, 3.8) is 0 Å². The van der Waals surface area contributed by atoms with E-state index in [2.05, 4.69) is 0 Å². The molecule has 96 valence electrons. The fourth-order valence-electron chi connectivity index (χ4n) is 1.94. The Bertz CT molecular complexity index is 629. The molecule has 0 saturated heterocycles. The van der Waals surface area contributed by atoms with Gasteiger partial charge in [0.15, 0.2) is 10.5 Å². The SMILES string of the molecule is CCSc1cc(=O)c2cc(C)cc([C@H](C)O)c2o1. The minimum absolute atomic E-state index is 0.0576. The lowest BCUT2D eigenvalue weighted by atomic mass is 10.0. The van der Waals surface area contributed by atoms with Crippen LogP contribution in [0.5, 0.6) is 0 Å². The second-order valence-electron chi connectivity index (χ2n) is 4.27. The zero-order chi connectivity index (χ0) is 13.3. The molecule has 2 aromatic rings. The molecule has 1 aromatic carbocycles. The predicted octanol–water partition coefficient (Wildman–Crippen LogP) is 3.27. The summed E-state index contributed by atoms with van der Waals surface area (Å²) < 4.78 is 5.73. The van der Waals surface area contributed by atoms with Gasteiger partial charge < -0.3 is 9.52 Å². The van der Waals surface area contributed by atoms with Crippen molar-refractivity contribution < 1.29 is 9.52 Å². The Morgan fingerprint density at radius 3 is 2.72 bits per heavy atom. The Kier molecular flexibility index (Phi) is 3.78. The molecule has 2 rings (SSSR count). The molecule has 1 N–H and O–H groups in total. The van der Waals surface area contributed by atoms with E-state index < -0.39 is 6.10 Å². The average Bonchev–Trinajstić information content (AvgIpc) is 2.29. The molecule has 0 amide bonds.